The van der Waals surface area contributed by atoms with Crippen molar-refractivity contribution in [2.24, 2.45) is 0 Å². The number of hydrogen-bond acceptors (Lipinski definition) is 7. The lowest BCUT2D eigenvalue weighted by molar-refractivity contribution is -0.143. The standard InChI is InChI=1S/C20H24N6O3/c1-2-29-16(27)13-25-14-22-18-17(19(25)28)26(12-15-6-4-3-5-7-15)20(23-18)24-10-8-21-9-11-24/h3-7,14,21H,2,8-13H2,1H3. The molecule has 0 atom stereocenters. The highest BCUT2D eigenvalue weighted by Crippen LogP contribution is 2.21. The molecule has 0 radical (unpaired) electrons. The number of esters is 1. The van der Waals surface area contributed by atoms with Gasteiger partial charge in [-0.25, -0.2) is 4.98 Å². The van der Waals surface area contributed by atoms with E-state index >= 15 is 0 Å². The van der Waals surface area contributed by atoms with Gasteiger partial charge in [0.05, 0.1) is 13.2 Å². The highest BCUT2D eigenvalue weighted by atomic mass is 16.5. The molecule has 0 amide bonds. The maximum absolute atomic E-state index is 13.2. The van der Waals surface area contributed by atoms with E-state index in [0.29, 0.717) is 17.7 Å². The number of carbonyl (C=O) groups excluding carboxylic acids is 1. The van der Waals surface area contributed by atoms with Crippen molar-refractivity contribution in [3.8, 4) is 0 Å². The van der Waals surface area contributed by atoms with Crippen LogP contribution in [0.2, 0.25) is 0 Å². The van der Waals surface area contributed by atoms with E-state index in [0.717, 1.165) is 37.7 Å². The number of hydrogen-bond donors (Lipinski definition) is 1. The van der Waals surface area contributed by atoms with Gasteiger partial charge in [0.25, 0.3) is 5.56 Å². The Morgan fingerprint density at radius 3 is 2.69 bits per heavy atom. The zero-order chi connectivity index (χ0) is 20.2. The molecule has 1 fully saturated rings. The number of anilines is 1. The maximum Gasteiger partial charge on any atom is 0.326 e. The molecule has 152 valence electrons. The van der Waals surface area contributed by atoms with Crippen LogP contribution in [0.1, 0.15) is 12.5 Å². The Hall–Kier alpha value is -3.20. The first-order valence-corrected chi connectivity index (χ1v) is 9.78. The molecule has 0 spiro atoms. The van der Waals surface area contributed by atoms with E-state index < -0.39 is 5.97 Å². The van der Waals surface area contributed by atoms with Crippen LogP contribution < -0.4 is 15.8 Å². The molecule has 1 N–H and O–H groups in total. The molecule has 29 heavy (non-hydrogen) atoms. The Balaban J connectivity index is 1.81. The number of carbonyl (C=O) groups is 1. The van der Waals surface area contributed by atoms with Crippen LogP contribution in [0.4, 0.5) is 5.95 Å². The highest BCUT2D eigenvalue weighted by molar-refractivity contribution is 5.75. The first-order chi connectivity index (χ1) is 14.2. The molecule has 3 heterocycles. The normalized spacial score (nSPS) is 14.3. The molecule has 0 unspecified atom stereocenters. The van der Waals surface area contributed by atoms with Gasteiger partial charge >= 0.3 is 5.97 Å². The van der Waals surface area contributed by atoms with Gasteiger partial charge in [0, 0.05) is 26.2 Å². The largest absolute Gasteiger partial charge is 0.465 e. The third-order valence-corrected chi connectivity index (χ3v) is 4.90. The van der Waals surface area contributed by atoms with Crippen LogP contribution in [0, 0.1) is 0 Å². The van der Waals surface area contributed by atoms with Crippen LogP contribution in [0.3, 0.4) is 0 Å². The zero-order valence-corrected chi connectivity index (χ0v) is 16.4. The van der Waals surface area contributed by atoms with Crippen LogP contribution in [0.25, 0.3) is 11.2 Å². The molecular weight excluding hydrogens is 372 g/mol. The van der Waals surface area contributed by atoms with Crippen LogP contribution in [0.15, 0.2) is 41.5 Å². The molecule has 1 aliphatic heterocycles. The number of nitrogens with zero attached hydrogens (tertiary/aromatic N) is 5. The van der Waals surface area contributed by atoms with Gasteiger partial charge in [-0.2, -0.15) is 4.98 Å². The minimum absolute atomic E-state index is 0.172. The summed E-state index contributed by atoms with van der Waals surface area (Å²) in [5.74, 6) is 0.260. The summed E-state index contributed by atoms with van der Waals surface area (Å²) in [7, 11) is 0. The van der Waals surface area contributed by atoms with E-state index in [9.17, 15) is 9.59 Å². The number of rotatable bonds is 6. The molecule has 0 saturated carbocycles. The minimum Gasteiger partial charge on any atom is -0.465 e. The molecule has 1 saturated heterocycles. The lowest BCUT2D eigenvalue weighted by atomic mass is 10.2. The minimum atomic E-state index is -0.466. The van der Waals surface area contributed by atoms with Crippen LogP contribution >= 0.6 is 0 Å². The average molecular weight is 396 g/mol. The monoisotopic (exact) mass is 396 g/mol. The van der Waals surface area contributed by atoms with Gasteiger partial charge in [0.2, 0.25) is 5.95 Å². The third kappa shape index (κ3) is 4.00. The second kappa shape index (κ2) is 8.44. The molecule has 1 aliphatic rings. The molecule has 0 aliphatic carbocycles. The van der Waals surface area contributed by atoms with E-state index in [1.165, 1.54) is 10.9 Å². The molecule has 2 aromatic heterocycles. The molecule has 0 bridgehead atoms. The molecular formula is C20H24N6O3. The average Bonchev–Trinajstić information content (AvgIpc) is 3.11. The summed E-state index contributed by atoms with van der Waals surface area (Å²) in [5.41, 5.74) is 1.55. The van der Waals surface area contributed by atoms with Crippen molar-refractivity contribution in [3.05, 3.63) is 52.6 Å². The van der Waals surface area contributed by atoms with Gasteiger partial charge in [-0.1, -0.05) is 30.3 Å². The summed E-state index contributed by atoms with van der Waals surface area (Å²) >= 11 is 0. The Bertz CT molecular complexity index is 1050. The summed E-state index contributed by atoms with van der Waals surface area (Å²) in [6, 6.07) is 9.93. The molecule has 9 heteroatoms. The molecule has 4 rings (SSSR count). The van der Waals surface area contributed by atoms with Gasteiger partial charge < -0.3 is 15.0 Å². The number of imidazole rings is 1. The smallest absolute Gasteiger partial charge is 0.326 e. The predicted octanol–water partition coefficient (Wildman–Crippen LogP) is 0.614. The van der Waals surface area contributed by atoms with Gasteiger partial charge in [-0.3, -0.25) is 18.7 Å². The SMILES string of the molecule is CCOC(=O)Cn1cnc2nc(N3CCNCC3)n(Cc3ccccc3)c2c1=O. The number of ether oxygens (including phenoxy) is 1. The first-order valence-electron chi connectivity index (χ1n) is 9.78. The summed E-state index contributed by atoms with van der Waals surface area (Å²) < 4.78 is 8.17. The van der Waals surface area contributed by atoms with Crippen molar-refractivity contribution >= 4 is 23.1 Å². The summed E-state index contributed by atoms with van der Waals surface area (Å²) in [6.07, 6.45) is 1.36. The van der Waals surface area contributed by atoms with Gasteiger partial charge in [-0.05, 0) is 12.5 Å². The molecule has 9 nitrogen and oxygen atoms in total. The van der Waals surface area contributed by atoms with E-state index in [1.807, 2.05) is 34.9 Å². The predicted molar refractivity (Wildman–Crippen MR) is 109 cm³/mol. The van der Waals surface area contributed by atoms with Crippen molar-refractivity contribution in [2.45, 2.75) is 20.0 Å². The van der Waals surface area contributed by atoms with Gasteiger partial charge in [-0.15, -0.1) is 0 Å². The van der Waals surface area contributed by atoms with Crippen molar-refractivity contribution in [3.63, 3.8) is 0 Å². The highest BCUT2D eigenvalue weighted by Gasteiger charge is 2.23. The van der Waals surface area contributed by atoms with Crippen molar-refractivity contribution in [1.82, 2.24) is 24.4 Å². The van der Waals surface area contributed by atoms with Gasteiger partial charge in [0.15, 0.2) is 11.2 Å². The van der Waals surface area contributed by atoms with Crippen molar-refractivity contribution in [1.29, 1.82) is 0 Å². The summed E-state index contributed by atoms with van der Waals surface area (Å²) in [6.45, 7) is 5.64. The second-order valence-corrected chi connectivity index (χ2v) is 6.88. The maximum atomic E-state index is 13.2. The number of aromatic nitrogens is 4. The Labute approximate surface area is 167 Å². The lowest BCUT2D eigenvalue weighted by Gasteiger charge is -2.28. The van der Waals surface area contributed by atoms with E-state index in [2.05, 4.69) is 20.2 Å². The Kier molecular flexibility index (Phi) is 5.57. The van der Waals surface area contributed by atoms with Crippen molar-refractivity contribution in [2.75, 3.05) is 37.7 Å². The molecule has 3 aromatic rings. The van der Waals surface area contributed by atoms with E-state index in [-0.39, 0.29) is 18.7 Å². The Morgan fingerprint density at radius 1 is 1.21 bits per heavy atom. The number of nitrogens with one attached hydrogen (secondary N) is 1. The summed E-state index contributed by atoms with van der Waals surface area (Å²) in [5, 5.41) is 3.33. The number of piperazine rings is 1. The second-order valence-electron chi connectivity index (χ2n) is 6.88. The quantitative estimate of drug-likeness (QED) is 0.610. The van der Waals surface area contributed by atoms with Crippen LogP contribution in [-0.4, -0.2) is 57.9 Å². The van der Waals surface area contributed by atoms with Crippen molar-refractivity contribution < 1.29 is 9.53 Å². The summed E-state index contributed by atoms with van der Waals surface area (Å²) in [4.78, 5) is 36.3. The fraction of sp³-hybridized carbons (Fsp3) is 0.400. The van der Waals surface area contributed by atoms with E-state index in [1.54, 1.807) is 6.92 Å². The van der Waals surface area contributed by atoms with Crippen LogP contribution in [0.5, 0.6) is 0 Å². The van der Waals surface area contributed by atoms with E-state index in [4.69, 9.17) is 4.74 Å². The topological polar surface area (TPSA) is 94.3 Å². The first kappa shape index (κ1) is 19.1. The fourth-order valence-corrected chi connectivity index (χ4v) is 3.52. The molecule has 1 aromatic carbocycles. The fourth-order valence-electron chi connectivity index (χ4n) is 3.52. The number of benzene rings is 1. The Morgan fingerprint density at radius 2 is 1.97 bits per heavy atom. The van der Waals surface area contributed by atoms with Gasteiger partial charge in [0.1, 0.15) is 12.9 Å². The number of fused-ring (bicyclic) bond motifs is 1. The zero-order valence-electron chi connectivity index (χ0n) is 16.4. The third-order valence-electron chi connectivity index (χ3n) is 4.90. The van der Waals surface area contributed by atoms with Crippen LogP contribution in [-0.2, 0) is 22.6 Å². The lowest BCUT2D eigenvalue weighted by Crippen LogP contribution is -2.44.